The molecule has 0 saturated carbocycles. The lowest BCUT2D eigenvalue weighted by Gasteiger charge is -2.15. The Hall–Kier alpha value is -1.98. The first kappa shape index (κ1) is 17.4. The van der Waals surface area contributed by atoms with Crippen molar-refractivity contribution in [3.05, 3.63) is 58.0 Å². The fraction of sp³-hybridized carbons (Fsp3) is 0.294. The average Bonchev–Trinajstić information content (AvgIpc) is 2.54. The van der Waals surface area contributed by atoms with Crippen molar-refractivity contribution < 1.29 is 9.18 Å². The molecule has 0 bridgehead atoms. The Morgan fingerprint density at radius 3 is 2.57 bits per heavy atom. The number of pyridine rings is 1. The summed E-state index contributed by atoms with van der Waals surface area (Å²) in [6, 6.07) is 5.85. The molecule has 1 heterocycles. The van der Waals surface area contributed by atoms with Crippen LogP contribution in [0.1, 0.15) is 40.9 Å². The zero-order chi connectivity index (χ0) is 17.1. The van der Waals surface area contributed by atoms with Gasteiger partial charge in [0, 0.05) is 37.5 Å². The third-order valence-corrected chi connectivity index (χ3v) is 3.97. The van der Waals surface area contributed by atoms with Crippen LogP contribution < -0.4 is 10.6 Å². The number of benzene rings is 1. The Bertz CT molecular complexity index is 717. The van der Waals surface area contributed by atoms with Crippen molar-refractivity contribution in [2.75, 3.05) is 19.0 Å². The van der Waals surface area contributed by atoms with E-state index in [0.717, 1.165) is 0 Å². The van der Waals surface area contributed by atoms with E-state index in [9.17, 15) is 9.18 Å². The molecule has 1 aromatic carbocycles. The first-order valence-electron chi connectivity index (χ1n) is 7.28. The van der Waals surface area contributed by atoms with Crippen LogP contribution >= 0.6 is 11.6 Å². The smallest absolute Gasteiger partial charge is 0.199 e. The summed E-state index contributed by atoms with van der Waals surface area (Å²) in [5.41, 5.74) is 6.30. The molecule has 1 aromatic heterocycles. The normalized spacial score (nSPS) is 12.1. The summed E-state index contributed by atoms with van der Waals surface area (Å²) < 4.78 is 14.7. The topological polar surface area (TPSA) is 59.2 Å². The van der Waals surface area contributed by atoms with Gasteiger partial charge in [-0.3, -0.25) is 4.79 Å². The minimum absolute atomic E-state index is 0.0660. The highest BCUT2D eigenvalue weighted by Gasteiger charge is 2.23. The predicted octanol–water partition coefficient (Wildman–Crippen LogP) is 3.58. The van der Waals surface area contributed by atoms with Crippen molar-refractivity contribution in [3.63, 3.8) is 0 Å². The highest BCUT2D eigenvalue weighted by atomic mass is 35.5. The van der Waals surface area contributed by atoms with Gasteiger partial charge in [-0.25, -0.2) is 9.37 Å². The molecular formula is C17H19ClFN3O. The molecule has 2 N–H and O–H groups in total. The van der Waals surface area contributed by atoms with Crippen LogP contribution in [-0.4, -0.2) is 24.9 Å². The van der Waals surface area contributed by atoms with Gasteiger partial charge in [-0.1, -0.05) is 24.6 Å². The summed E-state index contributed by atoms with van der Waals surface area (Å²) in [4.78, 5) is 18.6. The van der Waals surface area contributed by atoms with Crippen LogP contribution in [0, 0.1) is 5.82 Å². The summed E-state index contributed by atoms with van der Waals surface area (Å²) in [6.07, 6.45) is 1.98. The van der Waals surface area contributed by atoms with Gasteiger partial charge in [0.05, 0.1) is 10.6 Å². The summed E-state index contributed by atoms with van der Waals surface area (Å²) in [5, 5.41) is 0.0660. The quantitative estimate of drug-likeness (QED) is 0.848. The second kappa shape index (κ2) is 7.06. The average molecular weight is 336 g/mol. The third kappa shape index (κ3) is 3.51. The molecule has 0 aliphatic heterocycles. The largest absolute Gasteiger partial charge is 0.363 e. The maximum atomic E-state index is 14.7. The fourth-order valence-corrected chi connectivity index (χ4v) is 2.44. The van der Waals surface area contributed by atoms with Crippen LogP contribution in [0.2, 0.25) is 5.02 Å². The second-order valence-electron chi connectivity index (χ2n) is 5.47. The van der Waals surface area contributed by atoms with Crippen molar-refractivity contribution in [1.82, 2.24) is 4.98 Å². The van der Waals surface area contributed by atoms with Gasteiger partial charge in [0.15, 0.2) is 5.78 Å². The van der Waals surface area contributed by atoms with Gasteiger partial charge in [-0.15, -0.1) is 0 Å². The Morgan fingerprint density at radius 2 is 2.04 bits per heavy atom. The lowest BCUT2D eigenvalue weighted by atomic mass is 9.97. The Balaban J connectivity index is 2.46. The summed E-state index contributed by atoms with van der Waals surface area (Å²) in [6.45, 7) is 1.85. The molecule has 2 aromatic rings. The Morgan fingerprint density at radius 1 is 1.35 bits per heavy atom. The van der Waals surface area contributed by atoms with Crippen molar-refractivity contribution in [3.8, 4) is 0 Å². The van der Waals surface area contributed by atoms with Gasteiger partial charge in [-0.2, -0.15) is 0 Å². The zero-order valence-corrected chi connectivity index (χ0v) is 14.1. The number of rotatable bonds is 5. The van der Waals surface area contributed by atoms with E-state index in [-0.39, 0.29) is 21.7 Å². The van der Waals surface area contributed by atoms with E-state index in [1.165, 1.54) is 18.3 Å². The zero-order valence-electron chi connectivity index (χ0n) is 13.3. The van der Waals surface area contributed by atoms with Gasteiger partial charge >= 0.3 is 0 Å². The van der Waals surface area contributed by atoms with Crippen LogP contribution in [0.3, 0.4) is 0 Å². The van der Waals surface area contributed by atoms with E-state index < -0.39 is 17.6 Å². The molecule has 4 nitrogen and oxygen atoms in total. The van der Waals surface area contributed by atoms with E-state index in [0.29, 0.717) is 12.2 Å². The monoisotopic (exact) mass is 335 g/mol. The Kier molecular flexibility index (Phi) is 5.34. The molecule has 0 fully saturated rings. The van der Waals surface area contributed by atoms with Crippen molar-refractivity contribution >= 4 is 23.2 Å². The molecule has 2 rings (SSSR count). The number of anilines is 1. The molecule has 0 amide bonds. The molecule has 0 aliphatic carbocycles. The molecule has 122 valence electrons. The summed E-state index contributed by atoms with van der Waals surface area (Å²) in [5.74, 6) is -0.459. The number of carbonyl (C=O) groups is 1. The third-order valence-electron chi connectivity index (χ3n) is 3.66. The predicted molar refractivity (Wildman–Crippen MR) is 90.6 cm³/mol. The number of halogens is 2. The first-order chi connectivity index (χ1) is 10.9. The molecule has 0 aliphatic rings. The number of ketones is 1. The second-order valence-corrected chi connectivity index (χ2v) is 5.88. The van der Waals surface area contributed by atoms with E-state index in [1.54, 1.807) is 12.1 Å². The van der Waals surface area contributed by atoms with Crippen LogP contribution in [0.5, 0.6) is 0 Å². The number of nitrogens with two attached hydrogens (primary N) is 1. The SMILES string of the molecule is CC[C@@H](N)c1ccc(Cl)c(C(=O)c2ccc(N(C)C)nc2)c1F. The molecule has 23 heavy (non-hydrogen) atoms. The van der Waals surface area contributed by atoms with Crippen LogP contribution in [0.4, 0.5) is 10.2 Å². The molecule has 0 radical (unpaired) electrons. The number of hydrogen-bond donors (Lipinski definition) is 1. The number of aromatic nitrogens is 1. The minimum Gasteiger partial charge on any atom is -0.363 e. The first-order valence-corrected chi connectivity index (χ1v) is 7.66. The number of hydrogen-bond acceptors (Lipinski definition) is 4. The summed E-state index contributed by atoms with van der Waals surface area (Å²) in [7, 11) is 3.69. The highest BCUT2D eigenvalue weighted by molar-refractivity contribution is 6.35. The van der Waals surface area contributed by atoms with Gasteiger partial charge < -0.3 is 10.6 Å². The van der Waals surface area contributed by atoms with Crippen molar-refractivity contribution in [2.45, 2.75) is 19.4 Å². The molecule has 1 atom stereocenters. The standard InChI is InChI=1S/C17H19ClFN3O/c1-4-13(20)11-6-7-12(18)15(16(11)19)17(23)10-5-8-14(21-9-10)22(2)3/h5-9,13H,4,20H2,1-3H3/t13-/m1/s1. The maximum absolute atomic E-state index is 14.7. The molecular weight excluding hydrogens is 317 g/mol. The van der Waals surface area contributed by atoms with Crippen molar-refractivity contribution in [1.29, 1.82) is 0 Å². The maximum Gasteiger partial charge on any atom is 0.199 e. The number of nitrogens with zero attached hydrogens (tertiary/aromatic N) is 2. The van der Waals surface area contributed by atoms with Gasteiger partial charge in [0.25, 0.3) is 0 Å². The van der Waals surface area contributed by atoms with E-state index in [4.69, 9.17) is 17.3 Å². The Labute approximate surface area is 140 Å². The lowest BCUT2D eigenvalue weighted by Crippen LogP contribution is -2.15. The van der Waals surface area contributed by atoms with E-state index in [1.807, 2.05) is 25.9 Å². The van der Waals surface area contributed by atoms with Crippen LogP contribution in [0.25, 0.3) is 0 Å². The van der Waals surface area contributed by atoms with Crippen molar-refractivity contribution in [2.24, 2.45) is 5.73 Å². The van der Waals surface area contributed by atoms with E-state index >= 15 is 0 Å². The van der Waals surface area contributed by atoms with Gasteiger partial charge in [-0.05, 0) is 24.6 Å². The minimum atomic E-state index is -0.659. The van der Waals surface area contributed by atoms with E-state index in [2.05, 4.69) is 4.98 Å². The van der Waals surface area contributed by atoms with Gasteiger partial charge in [0.1, 0.15) is 11.6 Å². The van der Waals surface area contributed by atoms with Gasteiger partial charge in [0.2, 0.25) is 0 Å². The van der Waals surface area contributed by atoms with Crippen LogP contribution in [-0.2, 0) is 0 Å². The molecule has 0 spiro atoms. The fourth-order valence-electron chi connectivity index (χ4n) is 2.21. The van der Waals surface area contributed by atoms with Crippen LogP contribution in [0.15, 0.2) is 30.5 Å². The molecule has 6 heteroatoms. The highest BCUT2D eigenvalue weighted by Crippen LogP contribution is 2.28. The number of carbonyl (C=O) groups excluding carboxylic acids is 1. The lowest BCUT2D eigenvalue weighted by molar-refractivity contribution is 0.103. The summed E-state index contributed by atoms with van der Waals surface area (Å²) >= 11 is 6.05. The molecule has 0 saturated heterocycles. The molecule has 0 unspecified atom stereocenters.